The molecule has 0 fully saturated rings. The van der Waals surface area contributed by atoms with Crippen LogP contribution in [0.25, 0.3) is 0 Å². The number of benzene rings is 1. The van der Waals surface area contributed by atoms with Crippen molar-refractivity contribution < 1.29 is 4.74 Å². The van der Waals surface area contributed by atoms with Gasteiger partial charge in [-0.1, -0.05) is 49.2 Å². The maximum atomic E-state index is 6.20. The maximum Gasteiger partial charge on any atom is 0.141 e. The fourth-order valence-electron chi connectivity index (χ4n) is 1.87. The van der Waals surface area contributed by atoms with E-state index in [1.165, 1.54) is 0 Å². The highest BCUT2D eigenvalue weighted by atomic mass is 35.5. The molecule has 0 heterocycles. The van der Waals surface area contributed by atoms with Crippen molar-refractivity contribution in [2.24, 2.45) is 5.92 Å². The molecule has 3 heteroatoms. The van der Waals surface area contributed by atoms with Gasteiger partial charge in [-0.05, 0) is 43.4 Å². The monoisotopic (exact) mass is 286 g/mol. The molecule has 18 heavy (non-hydrogen) atoms. The van der Waals surface area contributed by atoms with Gasteiger partial charge in [-0.2, -0.15) is 0 Å². The second-order valence-corrected chi connectivity index (χ2v) is 5.28. The van der Waals surface area contributed by atoms with Crippen LogP contribution < -0.4 is 4.74 Å². The molecule has 1 aromatic rings. The van der Waals surface area contributed by atoms with E-state index in [0.717, 1.165) is 24.2 Å². The van der Waals surface area contributed by atoms with Gasteiger partial charge in [0.05, 0.1) is 11.6 Å². The van der Waals surface area contributed by atoms with E-state index in [9.17, 15) is 0 Å². The average molecular weight is 287 g/mol. The molecule has 1 nitrogen and oxygen atoms in total. The normalized spacial score (nSPS) is 12.9. The Bertz CT molecular complexity index is 413. The van der Waals surface area contributed by atoms with Crippen LogP contribution in [0.15, 0.2) is 24.3 Å². The summed E-state index contributed by atoms with van der Waals surface area (Å²) in [5, 5.41) is 1.25. The van der Waals surface area contributed by atoms with Crippen molar-refractivity contribution in [2.75, 3.05) is 6.61 Å². The van der Waals surface area contributed by atoms with Crippen LogP contribution in [-0.2, 0) is 6.42 Å². The molecule has 1 rings (SSSR count). The molecular formula is C15H20Cl2O. The number of hydrogen-bond donors (Lipinski definition) is 0. The zero-order valence-electron chi connectivity index (χ0n) is 11.2. The maximum absolute atomic E-state index is 6.20. The molecule has 0 amide bonds. The van der Waals surface area contributed by atoms with Crippen LogP contribution >= 0.6 is 23.2 Å². The highest BCUT2D eigenvalue weighted by molar-refractivity contribution is 6.35. The molecule has 0 radical (unpaired) electrons. The first-order valence-corrected chi connectivity index (χ1v) is 7.07. The van der Waals surface area contributed by atoms with Crippen LogP contribution in [0.2, 0.25) is 10.0 Å². The molecular weight excluding hydrogens is 267 g/mol. The molecule has 0 N–H and O–H groups in total. The van der Waals surface area contributed by atoms with Gasteiger partial charge in [-0.3, -0.25) is 0 Å². The molecule has 0 aromatic heterocycles. The predicted molar refractivity (Wildman–Crippen MR) is 79.9 cm³/mol. The number of hydrogen-bond acceptors (Lipinski definition) is 1. The van der Waals surface area contributed by atoms with Crippen LogP contribution in [0.3, 0.4) is 0 Å². The summed E-state index contributed by atoms with van der Waals surface area (Å²) in [7, 11) is 0. The third-order valence-corrected chi connectivity index (χ3v) is 3.10. The predicted octanol–water partition coefficient (Wildman–Crippen LogP) is 5.54. The Hall–Kier alpha value is -0.660. The lowest BCUT2D eigenvalue weighted by atomic mass is 10.00. The fraction of sp³-hybridized carbons (Fsp3) is 0.467. The quantitative estimate of drug-likeness (QED) is 0.624. The summed E-state index contributed by atoms with van der Waals surface area (Å²) in [6.45, 7) is 6.94. The van der Waals surface area contributed by atoms with Crippen LogP contribution in [-0.4, -0.2) is 6.61 Å². The van der Waals surface area contributed by atoms with Gasteiger partial charge in [0, 0.05) is 5.02 Å². The largest absolute Gasteiger partial charge is 0.492 e. The summed E-state index contributed by atoms with van der Waals surface area (Å²) in [6.07, 6.45) is 6.06. The van der Waals surface area contributed by atoms with E-state index in [2.05, 4.69) is 26.0 Å². The van der Waals surface area contributed by atoms with Gasteiger partial charge in [-0.25, -0.2) is 0 Å². The first-order valence-electron chi connectivity index (χ1n) is 6.32. The van der Waals surface area contributed by atoms with Crippen molar-refractivity contribution in [2.45, 2.75) is 33.6 Å². The summed E-state index contributed by atoms with van der Waals surface area (Å²) in [4.78, 5) is 0. The van der Waals surface area contributed by atoms with Crippen molar-refractivity contribution in [3.8, 4) is 5.75 Å². The van der Waals surface area contributed by atoms with Crippen molar-refractivity contribution in [1.29, 1.82) is 0 Å². The van der Waals surface area contributed by atoms with Crippen LogP contribution in [0.1, 0.15) is 32.8 Å². The van der Waals surface area contributed by atoms with Crippen LogP contribution in [0, 0.1) is 5.92 Å². The third kappa shape index (κ3) is 4.55. The fourth-order valence-corrected chi connectivity index (χ4v) is 2.46. The Morgan fingerprint density at radius 2 is 2.06 bits per heavy atom. The van der Waals surface area contributed by atoms with Gasteiger partial charge in [-0.15, -0.1) is 0 Å². The van der Waals surface area contributed by atoms with Crippen molar-refractivity contribution in [1.82, 2.24) is 0 Å². The summed E-state index contributed by atoms with van der Waals surface area (Å²) < 4.78 is 5.74. The van der Waals surface area contributed by atoms with E-state index >= 15 is 0 Å². The molecule has 1 unspecified atom stereocenters. The van der Waals surface area contributed by atoms with Crippen LogP contribution in [0.4, 0.5) is 0 Å². The second-order valence-electron chi connectivity index (χ2n) is 4.43. The van der Waals surface area contributed by atoms with Gasteiger partial charge >= 0.3 is 0 Å². The van der Waals surface area contributed by atoms with Gasteiger partial charge in [0.15, 0.2) is 0 Å². The molecule has 1 atom stereocenters. The minimum absolute atomic E-state index is 0.438. The number of allylic oxidation sites excluding steroid dienone is 2. The highest BCUT2D eigenvalue weighted by Gasteiger charge is 2.12. The minimum Gasteiger partial charge on any atom is -0.492 e. The number of rotatable bonds is 6. The minimum atomic E-state index is 0.438. The van der Waals surface area contributed by atoms with Crippen molar-refractivity contribution in [3.05, 3.63) is 39.9 Å². The Labute approximate surface area is 120 Å². The zero-order chi connectivity index (χ0) is 13.5. The first-order chi connectivity index (χ1) is 8.58. The van der Waals surface area contributed by atoms with Gasteiger partial charge in [0.1, 0.15) is 5.75 Å². The molecule has 100 valence electrons. The molecule has 0 spiro atoms. The summed E-state index contributed by atoms with van der Waals surface area (Å²) >= 11 is 12.3. The molecule has 1 aromatic carbocycles. The Morgan fingerprint density at radius 1 is 1.33 bits per heavy atom. The van der Waals surface area contributed by atoms with Gasteiger partial charge in [0.25, 0.3) is 0 Å². The summed E-state index contributed by atoms with van der Waals surface area (Å²) in [5.41, 5.74) is 1.08. The SMILES string of the molecule is C/C=C\C(C)Cc1cc(Cl)cc(Cl)c1OCCC. The Balaban J connectivity index is 2.98. The van der Waals surface area contributed by atoms with E-state index in [1.54, 1.807) is 6.07 Å². The number of ether oxygens (including phenoxy) is 1. The van der Waals surface area contributed by atoms with E-state index in [0.29, 0.717) is 22.6 Å². The second kappa shape index (κ2) is 7.70. The molecule has 0 saturated heterocycles. The standard InChI is InChI=1S/C15H20Cl2O/c1-4-6-11(3)8-12-9-13(16)10-14(17)15(12)18-7-5-2/h4,6,9-11H,5,7-8H2,1-3H3/b6-4-. The zero-order valence-corrected chi connectivity index (χ0v) is 12.7. The van der Waals surface area contributed by atoms with E-state index in [-0.39, 0.29) is 0 Å². The van der Waals surface area contributed by atoms with Crippen molar-refractivity contribution in [3.63, 3.8) is 0 Å². The first kappa shape index (κ1) is 15.4. The molecule has 0 aliphatic carbocycles. The third-order valence-electron chi connectivity index (χ3n) is 2.60. The average Bonchev–Trinajstić information content (AvgIpc) is 2.28. The lowest BCUT2D eigenvalue weighted by Crippen LogP contribution is -2.03. The van der Waals surface area contributed by atoms with Gasteiger partial charge < -0.3 is 4.74 Å². The Morgan fingerprint density at radius 3 is 2.67 bits per heavy atom. The van der Waals surface area contributed by atoms with Gasteiger partial charge in [0.2, 0.25) is 0 Å². The Kier molecular flexibility index (Phi) is 6.59. The lowest BCUT2D eigenvalue weighted by Gasteiger charge is -2.15. The number of halogens is 2. The summed E-state index contributed by atoms with van der Waals surface area (Å²) in [5.74, 6) is 1.22. The van der Waals surface area contributed by atoms with E-state index in [1.807, 2.05) is 13.0 Å². The molecule has 0 aliphatic heterocycles. The molecule has 0 saturated carbocycles. The molecule has 0 aliphatic rings. The smallest absolute Gasteiger partial charge is 0.141 e. The highest BCUT2D eigenvalue weighted by Crippen LogP contribution is 2.34. The molecule has 0 bridgehead atoms. The van der Waals surface area contributed by atoms with Crippen molar-refractivity contribution >= 4 is 23.2 Å². The lowest BCUT2D eigenvalue weighted by molar-refractivity contribution is 0.313. The van der Waals surface area contributed by atoms with E-state index < -0.39 is 0 Å². The van der Waals surface area contributed by atoms with E-state index in [4.69, 9.17) is 27.9 Å². The topological polar surface area (TPSA) is 9.23 Å². The summed E-state index contributed by atoms with van der Waals surface area (Å²) in [6, 6.07) is 3.68. The van der Waals surface area contributed by atoms with Crippen LogP contribution in [0.5, 0.6) is 5.75 Å².